The first kappa shape index (κ1) is 18.0. The van der Waals surface area contributed by atoms with Crippen molar-refractivity contribution in [3.05, 3.63) is 29.8 Å². The summed E-state index contributed by atoms with van der Waals surface area (Å²) < 4.78 is 5.21. The third kappa shape index (κ3) is 4.72. The van der Waals surface area contributed by atoms with Crippen molar-refractivity contribution in [2.24, 2.45) is 5.73 Å². The molecule has 0 heterocycles. The highest BCUT2D eigenvalue weighted by Crippen LogP contribution is 2.24. The minimum Gasteiger partial charge on any atom is -0.497 e. The highest BCUT2D eigenvalue weighted by Gasteiger charge is 2.30. The van der Waals surface area contributed by atoms with E-state index >= 15 is 0 Å². The Morgan fingerprint density at radius 2 is 1.67 bits per heavy atom. The van der Waals surface area contributed by atoms with E-state index in [0.29, 0.717) is 0 Å². The van der Waals surface area contributed by atoms with Crippen molar-refractivity contribution in [2.75, 3.05) is 26.7 Å². The Morgan fingerprint density at radius 1 is 1.05 bits per heavy atom. The van der Waals surface area contributed by atoms with Gasteiger partial charge in [0, 0.05) is 18.6 Å². The third-order valence-corrected chi connectivity index (χ3v) is 4.69. The topological polar surface area (TPSA) is 38.5 Å². The van der Waals surface area contributed by atoms with E-state index in [9.17, 15) is 0 Å². The van der Waals surface area contributed by atoms with Crippen LogP contribution in [-0.2, 0) is 6.42 Å². The lowest BCUT2D eigenvalue weighted by molar-refractivity contribution is 0.0858. The van der Waals surface area contributed by atoms with Crippen LogP contribution in [-0.4, -0.2) is 37.2 Å². The number of hydrogen-bond donors (Lipinski definition) is 1. The number of hydrogen-bond acceptors (Lipinski definition) is 3. The van der Waals surface area contributed by atoms with E-state index in [-0.39, 0.29) is 5.54 Å². The zero-order chi connectivity index (χ0) is 15.7. The van der Waals surface area contributed by atoms with Crippen LogP contribution in [0.1, 0.15) is 45.6 Å². The summed E-state index contributed by atoms with van der Waals surface area (Å²) in [6.07, 6.45) is 4.46. The Morgan fingerprint density at radius 3 is 2.10 bits per heavy atom. The molecule has 1 aromatic carbocycles. The van der Waals surface area contributed by atoms with Crippen molar-refractivity contribution in [1.29, 1.82) is 0 Å². The van der Waals surface area contributed by atoms with Gasteiger partial charge in [-0.2, -0.15) is 0 Å². The fourth-order valence-electron chi connectivity index (χ4n) is 3.03. The molecule has 0 aliphatic carbocycles. The second-order valence-corrected chi connectivity index (χ2v) is 5.72. The lowest BCUT2D eigenvalue weighted by atomic mass is 9.90. The summed E-state index contributed by atoms with van der Waals surface area (Å²) in [7, 11) is 1.70. The van der Waals surface area contributed by atoms with Gasteiger partial charge < -0.3 is 10.5 Å². The van der Waals surface area contributed by atoms with Gasteiger partial charge in [-0.25, -0.2) is 0 Å². The largest absolute Gasteiger partial charge is 0.497 e. The van der Waals surface area contributed by atoms with Gasteiger partial charge in [0.25, 0.3) is 0 Å². The van der Waals surface area contributed by atoms with Gasteiger partial charge in [-0.1, -0.05) is 32.9 Å². The first-order valence-electron chi connectivity index (χ1n) is 8.23. The quantitative estimate of drug-likeness (QED) is 0.717. The van der Waals surface area contributed by atoms with Crippen molar-refractivity contribution in [1.82, 2.24) is 4.90 Å². The van der Waals surface area contributed by atoms with Crippen LogP contribution >= 0.6 is 0 Å². The maximum atomic E-state index is 6.11. The van der Waals surface area contributed by atoms with Crippen LogP contribution in [0.15, 0.2) is 24.3 Å². The summed E-state index contributed by atoms with van der Waals surface area (Å²) in [6.45, 7) is 9.68. The van der Waals surface area contributed by atoms with E-state index in [1.165, 1.54) is 12.0 Å². The van der Waals surface area contributed by atoms with Crippen molar-refractivity contribution in [2.45, 2.75) is 52.0 Å². The molecule has 0 atom stereocenters. The average Bonchev–Trinajstić information content (AvgIpc) is 2.55. The minimum absolute atomic E-state index is 0.155. The highest BCUT2D eigenvalue weighted by molar-refractivity contribution is 5.27. The smallest absolute Gasteiger partial charge is 0.118 e. The van der Waals surface area contributed by atoms with Gasteiger partial charge in [-0.05, 0) is 49.9 Å². The summed E-state index contributed by atoms with van der Waals surface area (Å²) in [5.41, 5.74) is 7.62. The molecule has 0 aliphatic rings. The van der Waals surface area contributed by atoms with Gasteiger partial charge in [0.2, 0.25) is 0 Å². The number of ether oxygens (including phenoxy) is 1. The van der Waals surface area contributed by atoms with Crippen molar-refractivity contribution in [3.8, 4) is 5.75 Å². The Kier molecular flexibility index (Phi) is 7.76. The van der Waals surface area contributed by atoms with E-state index in [2.05, 4.69) is 37.8 Å². The molecule has 0 saturated heterocycles. The molecule has 3 nitrogen and oxygen atoms in total. The van der Waals surface area contributed by atoms with Crippen LogP contribution in [0.25, 0.3) is 0 Å². The summed E-state index contributed by atoms with van der Waals surface area (Å²) in [6, 6.07) is 8.39. The molecule has 2 N–H and O–H groups in total. The monoisotopic (exact) mass is 292 g/mol. The second-order valence-electron chi connectivity index (χ2n) is 5.72. The van der Waals surface area contributed by atoms with Gasteiger partial charge in [-0.3, -0.25) is 4.90 Å². The van der Waals surface area contributed by atoms with Crippen LogP contribution in [0.5, 0.6) is 5.75 Å². The second kappa shape index (κ2) is 9.06. The maximum Gasteiger partial charge on any atom is 0.118 e. The normalized spacial score (nSPS) is 11.9. The highest BCUT2D eigenvalue weighted by atomic mass is 16.5. The summed E-state index contributed by atoms with van der Waals surface area (Å²) in [4.78, 5) is 2.59. The van der Waals surface area contributed by atoms with E-state index in [1.54, 1.807) is 7.11 Å². The van der Waals surface area contributed by atoms with Crippen LogP contribution in [0, 0.1) is 0 Å². The number of nitrogens with two attached hydrogens (primary N) is 1. The molecule has 0 saturated carbocycles. The zero-order valence-electron chi connectivity index (χ0n) is 14.2. The van der Waals surface area contributed by atoms with Crippen LogP contribution in [0.2, 0.25) is 0 Å². The minimum atomic E-state index is 0.155. The zero-order valence-corrected chi connectivity index (χ0v) is 14.2. The molecule has 1 rings (SSSR count). The van der Waals surface area contributed by atoms with Gasteiger partial charge in [-0.15, -0.1) is 0 Å². The Balaban J connectivity index is 2.73. The molecule has 0 spiro atoms. The van der Waals surface area contributed by atoms with Crippen LogP contribution < -0.4 is 10.5 Å². The van der Waals surface area contributed by atoms with Gasteiger partial charge >= 0.3 is 0 Å². The summed E-state index contributed by atoms with van der Waals surface area (Å²) in [5, 5.41) is 0. The Labute approximate surface area is 130 Å². The number of nitrogens with zero attached hydrogens (tertiary/aromatic N) is 1. The van der Waals surface area contributed by atoms with Gasteiger partial charge in [0.15, 0.2) is 0 Å². The molecular formula is C18H32N2O. The van der Waals surface area contributed by atoms with Gasteiger partial charge in [0.05, 0.1) is 7.11 Å². The van der Waals surface area contributed by atoms with E-state index < -0.39 is 0 Å². The van der Waals surface area contributed by atoms with E-state index in [4.69, 9.17) is 10.5 Å². The summed E-state index contributed by atoms with van der Waals surface area (Å²) in [5.74, 6) is 0.919. The van der Waals surface area contributed by atoms with Crippen LogP contribution in [0.3, 0.4) is 0 Å². The number of benzene rings is 1. The number of rotatable bonds is 10. The SMILES string of the molecule is CCCN(CCc1ccc(OC)cc1)C(CC)(CC)CN. The Bertz CT molecular complexity index is 376. The lowest BCUT2D eigenvalue weighted by Gasteiger charge is -2.42. The molecular weight excluding hydrogens is 260 g/mol. The van der Waals surface area contributed by atoms with Crippen molar-refractivity contribution < 1.29 is 4.74 Å². The molecule has 21 heavy (non-hydrogen) atoms. The molecule has 3 heteroatoms. The summed E-state index contributed by atoms with van der Waals surface area (Å²) >= 11 is 0. The molecule has 0 amide bonds. The van der Waals surface area contributed by atoms with E-state index in [1.807, 2.05) is 12.1 Å². The first-order valence-corrected chi connectivity index (χ1v) is 8.23. The maximum absolute atomic E-state index is 6.11. The standard InChI is InChI=1S/C18H32N2O/c1-5-13-20(18(6-2,7-3)15-19)14-12-16-8-10-17(21-4)11-9-16/h8-11H,5-7,12-15,19H2,1-4H3. The molecule has 120 valence electrons. The molecule has 0 fully saturated rings. The molecule has 1 aromatic rings. The van der Waals surface area contributed by atoms with Gasteiger partial charge in [0.1, 0.15) is 5.75 Å². The van der Waals surface area contributed by atoms with Crippen LogP contribution in [0.4, 0.5) is 0 Å². The molecule has 0 bridgehead atoms. The first-order chi connectivity index (χ1) is 10.2. The number of methoxy groups -OCH3 is 1. The fraction of sp³-hybridized carbons (Fsp3) is 0.667. The predicted octanol–water partition coefficient (Wildman–Crippen LogP) is 3.47. The molecule has 0 aromatic heterocycles. The fourth-order valence-corrected chi connectivity index (χ4v) is 3.03. The predicted molar refractivity (Wildman–Crippen MR) is 90.9 cm³/mol. The molecule has 0 unspecified atom stereocenters. The van der Waals surface area contributed by atoms with E-state index in [0.717, 1.165) is 44.6 Å². The third-order valence-electron chi connectivity index (χ3n) is 4.69. The lowest BCUT2D eigenvalue weighted by Crippen LogP contribution is -2.54. The van der Waals surface area contributed by atoms with Crippen molar-refractivity contribution in [3.63, 3.8) is 0 Å². The Hall–Kier alpha value is -1.06. The average molecular weight is 292 g/mol. The molecule has 0 radical (unpaired) electrons. The molecule has 0 aliphatic heterocycles. The van der Waals surface area contributed by atoms with Crippen molar-refractivity contribution >= 4 is 0 Å².